The second-order valence-corrected chi connectivity index (χ2v) is 3.65. The van der Waals surface area contributed by atoms with Crippen LogP contribution in [0.2, 0.25) is 0 Å². The minimum absolute atomic E-state index is 0.0728. The molecule has 0 aliphatic carbocycles. The zero-order chi connectivity index (χ0) is 10.2. The van der Waals surface area contributed by atoms with Crippen molar-refractivity contribution in [2.75, 3.05) is 13.2 Å². The molecule has 1 saturated heterocycles. The largest absolute Gasteiger partial charge is 0.373 e. The van der Waals surface area contributed by atoms with E-state index in [4.69, 9.17) is 4.74 Å². The van der Waals surface area contributed by atoms with Gasteiger partial charge < -0.3 is 10.1 Å². The molecule has 3 nitrogen and oxygen atoms in total. The summed E-state index contributed by atoms with van der Waals surface area (Å²) in [7, 11) is 0. The van der Waals surface area contributed by atoms with Gasteiger partial charge in [-0.2, -0.15) is 0 Å². The molecular weight excluding hydrogens is 178 g/mol. The van der Waals surface area contributed by atoms with Crippen LogP contribution >= 0.6 is 0 Å². The third kappa shape index (κ3) is 5.75. The number of epoxide rings is 1. The molecule has 14 heavy (non-hydrogen) atoms. The topological polar surface area (TPSA) is 41.6 Å². The molecule has 80 valence electrons. The Morgan fingerprint density at radius 1 is 1.43 bits per heavy atom. The van der Waals surface area contributed by atoms with Crippen LogP contribution in [0.25, 0.3) is 0 Å². The summed E-state index contributed by atoms with van der Waals surface area (Å²) in [6.07, 6.45) is 7.82. The predicted octanol–water partition coefficient (Wildman–Crippen LogP) is 1.64. The quantitative estimate of drug-likeness (QED) is 0.365. The van der Waals surface area contributed by atoms with Crippen LogP contribution in [-0.4, -0.2) is 25.2 Å². The highest BCUT2D eigenvalue weighted by Gasteiger charge is 2.20. The molecule has 1 aliphatic rings. The van der Waals surface area contributed by atoms with Crippen molar-refractivity contribution in [2.24, 2.45) is 0 Å². The summed E-state index contributed by atoms with van der Waals surface area (Å²) < 4.78 is 5.11. The van der Waals surface area contributed by atoms with Gasteiger partial charge in [-0.25, -0.2) is 0 Å². The summed E-state index contributed by atoms with van der Waals surface area (Å²) in [6, 6.07) is 0. The van der Waals surface area contributed by atoms with E-state index in [0.29, 0.717) is 6.10 Å². The molecule has 3 heteroatoms. The van der Waals surface area contributed by atoms with Gasteiger partial charge in [0.2, 0.25) is 5.91 Å². The Morgan fingerprint density at radius 3 is 2.79 bits per heavy atom. The number of nitrogens with one attached hydrogen (secondary N) is 1. The second kappa shape index (κ2) is 6.60. The highest BCUT2D eigenvalue weighted by atomic mass is 16.6. The van der Waals surface area contributed by atoms with Crippen LogP contribution in [0.3, 0.4) is 0 Å². The molecule has 0 aromatic carbocycles. The zero-order valence-electron chi connectivity index (χ0n) is 8.63. The fraction of sp³-hybridized carbons (Fsp3) is 0.727. The first-order chi connectivity index (χ1) is 6.83. The second-order valence-electron chi connectivity index (χ2n) is 3.65. The molecule has 0 aromatic rings. The normalized spacial score (nSPS) is 19.0. The van der Waals surface area contributed by atoms with E-state index in [1.165, 1.54) is 31.8 Å². The van der Waals surface area contributed by atoms with Crippen molar-refractivity contribution in [3.8, 4) is 0 Å². The lowest BCUT2D eigenvalue weighted by atomic mass is 10.1. The average molecular weight is 197 g/mol. The molecule has 1 fully saturated rings. The van der Waals surface area contributed by atoms with Crippen molar-refractivity contribution in [1.29, 1.82) is 0 Å². The molecule has 1 amide bonds. The lowest BCUT2D eigenvalue weighted by molar-refractivity contribution is -0.116. The lowest BCUT2D eigenvalue weighted by Crippen LogP contribution is -2.21. The predicted molar refractivity (Wildman–Crippen MR) is 56.0 cm³/mol. The van der Waals surface area contributed by atoms with E-state index in [-0.39, 0.29) is 5.91 Å². The molecule has 1 atom stereocenters. The van der Waals surface area contributed by atoms with Gasteiger partial charge in [-0.15, -0.1) is 0 Å². The number of rotatable bonds is 8. The number of carbonyl (C=O) groups excluding carboxylic acids is 1. The van der Waals surface area contributed by atoms with Crippen LogP contribution in [0.1, 0.15) is 32.1 Å². The van der Waals surface area contributed by atoms with Gasteiger partial charge in [0.15, 0.2) is 0 Å². The average Bonchev–Trinajstić information content (AvgIpc) is 2.99. The monoisotopic (exact) mass is 197 g/mol. The number of hydrogen-bond acceptors (Lipinski definition) is 2. The van der Waals surface area contributed by atoms with Gasteiger partial charge in [-0.3, -0.25) is 4.79 Å². The van der Waals surface area contributed by atoms with E-state index < -0.39 is 0 Å². The molecule has 0 aromatic heterocycles. The summed E-state index contributed by atoms with van der Waals surface area (Å²) in [5.74, 6) is -0.0728. The Morgan fingerprint density at radius 2 is 2.14 bits per heavy atom. The van der Waals surface area contributed by atoms with E-state index in [2.05, 4.69) is 11.9 Å². The molecule has 1 N–H and O–H groups in total. The molecule has 0 saturated carbocycles. The van der Waals surface area contributed by atoms with Crippen LogP contribution in [0.15, 0.2) is 12.7 Å². The summed E-state index contributed by atoms with van der Waals surface area (Å²) in [5, 5.41) is 2.76. The summed E-state index contributed by atoms with van der Waals surface area (Å²) >= 11 is 0. The van der Waals surface area contributed by atoms with Crippen LogP contribution < -0.4 is 5.32 Å². The van der Waals surface area contributed by atoms with E-state index >= 15 is 0 Å². The maximum atomic E-state index is 10.8. The van der Waals surface area contributed by atoms with Gasteiger partial charge in [0, 0.05) is 6.54 Å². The number of unbranched alkanes of at least 4 members (excludes halogenated alkanes) is 3. The fourth-order valence-corrected chi connectivity index (χ4v) is 1.37. The third-order valence-electron chi connectivity index (χ3n) is 2.34. The van der Waals surface area contributed by atoms with Crippen molar-refractivity contribution in [3.63, 3.8) is 0 Å². The van der Waals surface area contributed by atoms with Crippen molar-refractivity contribution in [1.82, 2.24) is 5.32 Å². The third-order valence-corrected chi connectivity index (χ3v) is 2.34. The molecule has 1 unspecified atom stereocenters. The minimum atomic E-state index is -0.0728. The van der Waals surface area contributed by atoms with Gasteiger partial charge in [0.25, 0.3) is 0 Å². The SMILES string of the molecule is C=CC(=O)NCCCCCCC1CO1. The smallest absolute Gasteiger partial charge is 0.243 e. The van der Waals surface area contributed by atoms with E-state index in [0.717, 1.165) is 19.6 Å². The van der Waals surface area contributed by atoms with Crippen LogP contribution in [-0.2, 0) is 9.53 Å². The molecule has 0 bridgehead atoms. The Balaban J connectivity index is 1.74. The maximum Gasteiger partial charge on any atom is 0.243 e. The highest BCUT2D eigenvalue weighted by molar-refractivity contribution is 5.86. The number of hydrogen-bond donors (Lipinski definition) is 1. The van der Waals surface area contributed by atoms with Gasteiger partial charge in [-0.05, 0) is 18.9 Å². The van der Waals surface area contributed by atoms with E-state index in [1.54, 1.807) is 0 Å². The van der Waals surface area contributed by atoms with Gasteiger partial charge in [0.05, 0.1) is 12.7 Å². The Bertz CT molecular complexity index is 188. The van der Waals surface area contributed by atoms with Crippen molar-refractivity contribution < 1.29 is 9.53 Å². The van der Waals surface area contributed by atoms with E-state index in [1.807, 2.05) is 0 Å². The molecule has 1 rings (SSSR count). The first kappa shape index (κ1) is 11.2. The van der Waals surface area contributed by atoms with Gasteiger partial charge in [0.1, 0.15) is 0 Å². The Kier molecular flexibility index (Phi) is 5.30. The van der Waals surface area contributed by atoms with E-state index in [9.17, 15) is 4.79 Å². The molecular formula is C11H19NO2. The molecule has 1 heterocycles. The summed E-state index contributed by atoms with van der Waals surface area (Å²) in [5.41, 5.74) is 0. The van der Waals surface area contributed by atoms with Gasteiger partial charge in [-0.1, -0.05) is 25.8 Å². The molecule has 0 spiro atoms. The highest BCUT2D eigenvalue weighted by Crippen LogP contribution is 2.17. The fourth-order valence-electron chi connectivity index (χ4n) is 1.37. The zero-order valence-corrected chi connectivity index (χ0v) is 8.63. The van der Waals surface area contributed by atoms with Gasteiger partial charge >= 0.3 is 0 Å². The summed E-state index contributed by atoms with van der Waals surface area (Å²) in [4.78, 5) is 10.8. The molecule has 0 radical (unpaired) electrons. The van der Waals surface area contributed by atoms with Crippen molar-refractivity contribution >= 4 is 5.91 Å². The summed E-state index contributed by atoms with van der Waals surface area (Å²) in [6.45, 7) is 5.13. The number of ether oxygens (including phenoxy) is 1. The minimum Gasteiger partial charge on any atom is -0.373 e. The maximum absolute atomic E-state index is 10.8. The Hall–Kier alpha value is -0.830. The standard InChI is InChI=1S/C11H19NO2/c1-2-11(13)12-8-6-4-3-5-7-10-9-14-10/h2,10H,1,3-9H2,(H,12,13). The van der Waals surface area contributed by atoms with Crippen molar-refractivity contribution in [3.05, 3.63) is 12.7 Å². The number of amides is 1. The van der Waals surface area contributed by atoms with Crippen LogP contribution in [0, 0.1) is 0 Å². The Labute approximate surface area is 85.5 Å². The van der Waals surface area contributed by atoms with Crippen LogP contribution in [0.4, 0.5) is 0 Å². The number of carbonyl (C=O) groups is 1. The van der Waals surface area contributed by atoms with Crippen LogP contribution in [0.5, 0.6) is 0 Å². The molecule has 1 aliphatic heterocycles. The van der Waals surface area contributed by atoms with Crippen molar-refractivity contribution in [2.45, 2.75) is 38.2 Å². The lowest BCUT2D eigenvalue weighted by Gasteiger charge is -2.01. The first-order valence-electron chi connectivity index (χ1n) is 5.35. The first-order valence-corrected chi connectivity index (χ1v) is 5.35.